The van der Waals surface area contributed by atoms with Gasteiger partial charge in [-0.25, -0.2) is 0 Å². The van der Waals surface area contributed by atoms with Crippen LogP contribution < -0.4 is 5.32 Å². The molecule has 1 saturated carbocycles. The van der Waals surface area contributed by atoms with E-state index in [0.717, 1.165) is 31.2 Å². The molecule has 0 spiro atoms. The Labute approximate surface area is 135 Å². The van der Waals surface area contributed by atoms with Gasteiger partial charge >= 0.3 is 0 Å². The molecule has 0 aliphatic heterocycles. The van der Waals surface area contributed by atoms with E-state index >= 15 is 0 Å². The summed E-state index contributed by atoms with van der Waals surface area (Å²) in [5, 5.41) is 26.8. The van der Waals surface area contributed by atoms with Crippen LogP contribution in [0.3, 0.4) is 0 Å². The number of benzene rings is 1. The highest BCUT2D eigenvalue weighted by Gasteiger charge is 2.39. The van der Waals surface area contributed by atoms with Crippen molar-refractivity contribution in [1.82, 2.24) is 15.5 Å². The third-order valence-corrected chi connectivity index (χ3v) is 4.47. The van der Waals surface area contributed by atoms with Gasteiger partial charge in [0.1, 0.15) is 0 Å². The minimum atomic E-state index is -0.645. The van der Waals surface area contributed by atoms with Crippen LogP contribution in [0.4, 0.5) is 0 Å². The first kappa shape index (κ1) is 15.7. The molecule has 1 unspecified atom stereocenters. The number of hydrogen-bond acceptors (Lipinski definition) is 6. The number of nitrogens with zero attached hydrogens (tertiary/aromatic N) is 3. The fourth-order valence-corrected chi connectivity index (χ4v) is 3.14. The summed E-state index contributed by atoms with van der Waals surface area (Å²) in [7, 11) is 0. The van der Waals surface area contributed by atoms with E-state index in [9.17, 15) is 5.11 Å². The van der Waals surface area contributed by atoms with Gasteiger partial charge in [-0.15, -0.1) is 0 Å². The summed E-state index contributed by atoms with van der Waals surface area (Å²) in [6.45, 7) is 2.18. The number of nitrogens with one attached hydrogen (secondary N) is 1. The van der Waals surface area contributed by atoms with Gasteiger partial charge in [0, 0.05) is 13.5 Å². The van der Waals surface area contributed by atoms with Gasteiger partial charge in [-0.1, -0.05) is 30.1 Å². The number of hydrogen-bond donors (Lipinski definition) is 2. The lowest BCUT2D eigenvalue weighted by atomic mass is 9.95. The van der Waals surface area contributed by atoms with Gasteiger partial charge in [0.15, 0.2) is 5.82 Å². The molecule has 0 bridgehead atoms. The molecule has 1 heterocycles. The van der Waals surface area contributed by atoms with Gasteiger partial charge < -0.3 is 14.9 Å². The van der Waals surface area contributed by atoms with Crippen molar-refractivity contribution < 1.29 is 9.63 Å². The zero-order valence-electron chi connectivity index (χ0n) is 13.1. The predicted molar refractivity (Wildman–Crippen MR) is 83.3 cm³/mol. The first-order chi connectivity index (χ1) is 11.1. The van der Waals surface area contributed by atoms with Crippen molar-refractivity contribution in [3.05, 3.63) is 47.1 Å². The maximum Gasteiger partial charge on any atom is 0.223 e. The molecular formula is C17H20N4O2. The molecule has 1 aliphatic rings. The largest absolute Gasteiger partial charge is 0.387 e. The van der Waals surface area contributed by atoms with Crippen LogP contribution in [0.25, 0.3) is 0 Å². The van der Waals surface area contributed by atoms with Crippen LogP contribution in [-0.4, -0.2) is 21.8 Å². The number of aliphatic hydroxyl groups is 1. The summed E-state index contributed by atoms with van der Waals surface area (Å²) in [6.07, 6.45) is 3.44. The Morgan fingerprint density at radius 2 is 2.04 bits per heavy atom. The number of aliphatic hydroxyl groups excluding tert-OH is 1. The van der Waals surface area contributed by atoms with E-state index in [0.29, 0.717) is 23.8 Å². The molecule has 6 heteroatoms. The fourth-order valence-electron chi connectivity index (χ4n) is 3.14. The van der Waals surface area contributed by atoms with E-state index in [-0.39, 0.29) is 5.54 Å². The predicted octanol–water partition coefficient (Wildman–Crippen LogP) is 2.34. The Bertz CT molecular complexity index is 696. The van der Waals surface area contributed by atoms with Gasteiger partial charge in [0.2, 0.25) is 5.89 Å². The van der Waals surface area contributed by atoms with Crippen molar-refractivity contribution in [3.8, 4) is 6.07 Å². The number of rotatable bonds is 5. The Balaban J connectivity index is 1.70. The molecule has 2 N–H and O–H groups in total. The van der Waals surface area contributed by atoms with Crippen LogP contribution in [0.15, 0.2) is 28.8 Å². The van der Waals surface area contributed by atoms with E-state index in [1.165, 1.54) is 0 Å². The first-order valence-corrected chi connectivity index (χ1v) is 7.87. The molecule has 23 heavy (non-hydrogen) atoms. The van der Waals surface area contributed by atoms with E-state index < -0.39 is 6.10 Å². The Hall–Kier alpha value is -2.23. The average Bonchev–Trinajstić information content (AvgIpc) is 3.22. The summed E-state index contributed by atoms with van der Waals surface area (Å²) in [4.78, 5) is 4.38. The normalized spacial score (nSPS) is 17.8. The molecule has 2 aromatic rings. The third kappa shape index (κ3) is 3.26. The van der Waals surface area contributed by atoms with Gasteiger partial charge in [-0.2, -0.15) is 10.2 Å². The molecule has 120 valence electrons. The number of aromatic nitrogens is 2. The van der Waals surface area contributed by atoms with Crippen molar-refractivity contribution in [2.24, 2.45) is 0 Å². The highest BCUT2D eigenvalue weighted by atomic mass is 16.5. The van der Waals surface area contributed by atoms with E-state index in [1.54, 1.807) is 31.2 Å². The molecule has 0 amide bonds. The van der Waals surface area contributed by atoms with Crippen molar-refractivity contribution in [2.75, 3.05) is 6.54 Å². The minimum Gasteiger partial charge on any atom is -0.387 e. The Kier molecular flexibility index (Phi) is 4.42. The molecule has 1 atom stereocenters. The second kappa shape index (κ2) is 6.49. The zero-order chi connectivity index (χ0) is 16.3. The van der Waals surface area contributed by atoms with Crippen LogP contribution in [0.5, 0.6) is 0 Å². The lowest BCUT2D eigenvalue weighted by Crippen LogP contribution is -2.43. The Morgan fingerprint density at radius 1 is 1.35 bits per heavy atom. The fraction of sp³-hybridized carbons (Fsp3) is 0.471. The van der Waals surface area contributed by atoms with Crippen LogP contribution in [0.2, 0.25) is 0 Å². The maximum absolute atomic E-state index is 10.4. The smallest absolute Gasteiger partial charge is 0.223 e. The van der Waals surface area contributed by atoms with Crippen LogP contribution in [-0.2, 0) is 5.54 Å². The van der Waals surface area contributed by atoms with E-state index in [1.807, 2.05) is 0 Å². The van der Waals surface area contributed by atoms with Gasteiger partial charge in [-0.3, -0.25) is 0 Å². The van der Waals surface area contributed by atoms with Crippen molar-refractivity contribution in [2.45, 2.75) is 44.2 Å². The van der Waals surface area contributed by atoms with Crippen LogP contribution in [0.1, 0.15) is 54.6 Å². The molecule has 3 rings (SSSR count). The topological polar surface area (TPSA) is 95.0 Å². The Morgan fingerprint density at radius 3 is 2.61 bits per heavy atom. The highest BCUT2D eigenvalue weighted by molar-refractivity contribution is 5.32. The second-order valence-corrected chi connectivity index (χ2v) is 6.06. The van der Waals surface area contributed by atoms with Gasteiger partial charge in [-0.05, 0) is 30.5 Å². The molecule has 1 aromatic carbocycles. The molecule has 6 nitrogen and oxygen atoms in total. The van der Waals surface area contributed by atoms with Crippen LogP contribution in [0, 0.1) is 18.3 Å². The SMILES string of the molecule is Cc1nc(C2(NCC(O)c3ccc(C#N)cc3)CCCC2)no1. The molecule has 1 aliphatic carbocycles. The minimum absolute atomic E-state index is 0.314. The highest BCUT2D eigenvalue weighted by Crippen LogP contribution is 2.37. The lowest BCUT2D eigenvalue weighted by Gasteiger charge is -2.28. The summed E-state index contributed by atoms with van der Waals surface area (Å²) in [6, 6.07) is 9.07. The number of nitriles is 1. The maximum atomic E-state index is 10.4. The summed E-state index contributed by atoms with van der Waals surface area (Å²) < 4.78 is 5.12. The molecule has 1 fully saturated rings. The molecule has 1 aromatic heterocycles. The summed E-state index contributed by atoms with van der Waals surface area (Å²) >= 11 is 0. The van der Waals surface area contributed by atoms with Crippen LogP contribution >= 0.6 is 0 Å². The van der Waals surface area contributed by atoms with Crippen molar-refractivity contribution >= 4 is 0 Å². The monoisotopic (exact) mass is 312 g/mol. The quantitative estimate of drug-likeness (QED) is 0.880. The van der Waals surface area contributed by atoms with Crippen molar-refractivity contribution in [1.29, 1.82) is 5.26 Å². The van der Waals surface area contributed by atoms with E-state index in [2.05, 4.69) is 21.5 Å². The molecule has 0 radical (unpaired) electrons. The zero-order valence-corrected chi connectivity index (χ0v) is 13.1. The lowest BCUT2D eigenvalue weighted by molar-refractivity contribution is 0.152. The van der Waals surface area contributed by atoms with Crippen molar-refractivity contribution in [3.63, 3.8) is 0 Å². The third-order valence-electron chi connectivity index (χ3n) is 4.47. The molecule has 0 saturated heterocycles. The summed E-state index contributed by atoms with van der Waals surface area (Å²) in [5.74, 6) is 1.24. The average molecular weight is 312 g/mol. The van der Waals surface area contributed by atoms with Gasteiger partial charge in [0.05, 0.1) is 23.3 Å². The van der Waals surface area contributed by atoms with Gasteiger partial charge in [0.25, 0.3) is 0 Å². The first-order valence-electron chi connectivity index (χ1n) is 7.87. The van der Waals surface area contributed by atoms with E-state index in [4.69, 9.17) is 9.78 Å². The standard InChI is InChI=1S/C17H20N4O2/c1-12-20-16(21-23-12)17(8-2-3-9-17)19-11-15(22)14-6-4-13(10-18)5-7-14/h4-7,15,19,22H,2-3,8-9,11H2,1H3. The number of aryl methyl sites for hydroxylation is 1. The second-order valence-electron chi connectivity index (χ2n) is 6.06. The molecular weight excluding hydrogens is 292 g/mol. The summed E-state index contributed by atoms with van der Waals surface area (Å²) in [5.41, 5.74) is 1.06.